The first kappa shape index (κ1) is 17.7. The number of nitrogens with zero attached hydrogens (tertiary/aromatic N) is 3. The van der Waals surface area contributed by atoms with Crippen LogP contribution in [0, 0.1) is 0 Å². The lowest BCUT2D eigenvalue weighted by Crippen LogP contribution is -2.31. The van der Waals surface area contributed by atoms with Gasteiger partial charge in [0.2, 0.25) is 0 Å². The second-order valence-corrected chi connectivity index (χ2v) is 7.33. The molecule has 27 heavy (non-hydrogen) atoms. The van der Waals surface area contributed by atoms with E-state index >= 15 is 0 Å². The van der Waals surface area contributed by atoms with Crippen LogP contribution >= 0.6 is 0 Å². The fourth-order valence-corrected chi connectivity index (χ4v) is 3.67. The van der Waals surface area contributed by atoms with E-state index in [2.05, 4.69) is 28.7 Å². The molecule has 1 aliphatic rings. The quantitative estimate of drug-likeness (QED) is 0.718. The van der Waals surface area contributed by atoms with E-state index in [1.165, 1.54) is 12.7 Å². The number of aromatic amines is 1. The van der Waals surface area contributed by atoms with Gasteiger partial charge in [0.05, 0.1) is 7.11 Å². The van der Waals surface area contributed by atoms with Crippen LogP contribution in [-0.2, 0) is 24.2 Å². The van der Waals surface area contributed by atoms with Crippen LogP contribution < -0.4 is 0 Å². The minimum Gasteiger partial charge on any atom is -0.464 e. The standard InChI is InChI=1S/C21H24N4O2/c1-13(2)20-22-10-14-11-25(9-8-17(14)24-20)12-16-15-6-4-5-7-18(15)23-19(16)21(26)27-3/h4-7,10,13,23H,8-9,11-12H2,1-3H3. The Bertz CT molecular complexity index is 993. The van der Waals surface area contributed by atoms with Gasteiger partial charge in [-0.05, 0) is 6.07 Å². The van der Waals surface area contributed by atoms with Crippen molar-refractivity contribution >= 4 is 16.9 Å². The lowest BCUT2D eigenvalue weighted by atomic mass is 10.0. The van der Waals surface area contributed by atoms with Gasteiger partial charge < -0.3 is 9.72 Å². The fourth-order valence-electron chi connectivity index (χ4n) is 3.67. The number of rotatable bonds is 4. The first-order chi connectivity index (χ1) is 13.1. The zero-order valence-corrected chi connectivity index (χ0v) is 16.0. The number of fused-ring (bicyclic) bond motifs is 2. The average Bonchev–Trinajstić information content (AvgIpc) is 3.05. The number of benzene rings is 1. The Kier molecular flexibility index (Phi) is 4.66. The van der Waals surface area contributed by atoms with Gasteiger partial charge in [-0.1, -0.05) is 32.0 Å². The number of hydrogen-bond acceptors (Lipinski definition) is 5. The third kappa shape index (κ3) is 3.32. The molecule has 4 rings (SSSR count). The van der Waals surface area contributed by atoms with Crippen LogP contribution in [-0.4, -0.2) is 39.5 Å². The third-order valence-corrected chi connectivity index (χ3v) is 5.13. The van der Waals surface area contributed by atoms with Crippen LogP contribution in [0.2, 0.25) is 0 Å². The topological polar surface area (TPSA) is 71.1 Å². The molecule has 0 aliphatic carbocycles. The highest BCUT2D eigenvalue weighted by molar-refractivity contribution is 5.98. The van der Waals surface area contributed by atoms with Crippen molar-refractivity contribution < 1.29 is 9.53 Å². The third-order valence-electron chi connectivity index (χ3n) is 5.13. The number of para-hydroxylation sites is 1. The molecule has 3 aromatic rings. The lowest BCUT2D eigenvalue weighted by Gasteiger charge is -2.28. The highest BCUT2D eigenvalue weighted by Gasteiger charge is 2.24. The number of aromatic nitrogens is 3. The van der Waals surface area contributed by atoms with E-state index < -0.39 is 0 Å². The van der Waals surface area contributed by atoms with Gasteiger partial charge in [0, 0.05) is 65.9 Å². The van der Waals surface area contributed by atoms with Crippen molar-refractivity contribution in [2.75, 3.05) is 13.7 Å². The highest BCUT2D eigenvalue weighted by Crippen LogP contribution is 2.27. The SMILES string of the molecule is COC(=O)c1[nH]c2ccccc2c1CN1CCc2nc(C(C)C)ncc2C1. The Morgan fingerprint density at radius 3 is 2.93 bits per heavy atom. The van der Waals surface area contributed by atoms with Gasteiger partial charge in [-0.2, -0.15) is 0 Å². The van der Waals surface area contributed by atoms with Crippen molar-refractivity contribution in [3.63, 3.8) is 0 Å². The van der Waals surface area contributed by atoms with E-state index in [4.69, 9.17) is 9.72 Å². The van der Waals surface area contributed by atoms with Crippen molar-refractivity contribution in [3.05, 3.63) is 58.8 Å². The van der Waals surface area contributed by atoms with Crippen molar-refractivity contribution in [1.29, 1.82) is 0 Å². The molecule has 1 aliphatic heterocycles. The van der Waals surface area contributed by atoms with E-state index in [9.17, 15) is 4.79 Å². The van der Waals surface area contributed by atoms with Crippen molar-refractivity contribution in [3.8, 4) is 0 Å². The molecule has 0 spiro atoms. The minimum absolute atomic E-state index is 0.330. The summed E-state index contributed by atoms with van der Waals surface area (Å²) in [6.07, 6.45) is 2.85. The van der Waals surface area contributed by atoms with E-state index in [1.807, 2.05) is 30.5 Å². The second-order valence-electron chi connectivity index (χ2n) is 7.33. The summed E-state index contributed by atoms with van der Waals surface area (Å²) in [6, 6.07) is 7.99. The number of carbonyl (C=O) groups excluding carboxylic acids is 1. The zero-order chi connectivity index (χ0) is 19.0. The van der Waals surface area contributed by atoms with Gasteiger partial charge in [-0.25, -0.2) is 14.8 Å². The molecule has 0 unspecified atom stereocenters. The van der Waals surface area contributed by atoms with Crippen molar-refractivity contribution in [1.82, 2.24) is 19.9 Å². The monoisotopic (exact) mass is 364 g/mol. The second kappa shape index (κ2) is 7.12. The molecular formula is C21H24N4O2. The Balaban J connectivity index is 1.62. The van der Waals surface area contributed by atoms with Crippen LogP contribution in [0.5, 0.6) is 0 Å². The maximum atomic E-state index is 12.3. The van der Waals surface area contributed by atoms with Gasteiger partial charge in [-0.15, -0.1) is 0 Å². The Labute approximate surface area is 158 Å². The predicted octanol–water partition coefficient (Wildman–Crippen LogP) is 3.43. The number of esters is 1. The van der Waals surface area contributed by atoms with E-state index in [-0.39, 0.29) is 5.97 Å². The molecule has 0 amide bonds. The van der Waals surface area contributed by atoms with Gasteiger partial charge >= 0.3 is 5.97 Å². The summed E-state index contributed by atoms with van der Waals surface area (Å²) < 4.78 is 4.98. The number of nitrogens with one attached hydrogen (secondary N) is 1. The zero-order valence-electron chi connectivity index (χ0n) is 16.0. The average molecular weight is 364 g/mol. The summed E-state index contributed by atoms with van der Waals surface area (Å²) in [7, 11) is 1.42. The smallest absolute Gasteiger partial charge is 0.354 e. The van der Waals surface area contributed by atoms with Crippen LogP contribution in [0.1, 0.15) is 52.9 Å². The van der Waals surface area contributed by atoms with E-state index in [0.717, 1.165) is 47.5 Å². The molecule has 0 saturated heterocycles. The van der Waals surface area contributed by atoms with Gasteiger partial charge in [0.1, 0.15) is 11.5 Å². The number of H-pyrrole nitrogens is 1. The lowest BCUT2D eigenvalue weighted by molar-refractivity contribution is 0.0592. The maximum Gasteiger partial charge on any atom is 0.354 e. The molecule has 140 valence electrons. The van der Waals surface area contributed by atoms with E-state index in [1.54, 1.807) is 0 Å². The molecule has 0 radical (unpaired) electrons. The summed E-state index contributed by atoms with van der Waals surface area (Å²) >= 11 is 0. The maximum absolute atomic E-state index is 12.3. The van der Waals surface area contributed by atoms with Crippen LogP contribution in [0.25, 0.3) is 10.9 Å². The van der Waals surface area contributed by atoms with Gasteiger partial charge in [0.15, 0.2) is 0 Å². The van der Waals surface area contributed by atoms with Gasteiger partial charge in [0.25, 0.3) is 0 Å². The van der Waals surface area contributed by atoms with E-state index in [0.29, 0.717) is 18.2 Å². The summed E-state index contributed by atoms with van der Waals surface area (Å²) in [5.74, 6) is 0.914. The molecule has 1 N–H and O–H groups in total. The molecule has 2 aromatic heterocycles. The molecule has 6 heteroatoms. The molecule has 0 bridgehead atoms. The number of ether oxygens (including phenoxy) is 1. The highest BCUT2D eigenvalue weighted by atomic mass is 16.5. The Hall–Kier alpha value is -2.73. The fraction of sp³-hybridized carbons (Fsp3) is 0.381. The number of methoxy groups -OCH3 is 1. The van der Waals surface area contributed by atoms with Crippen LogP contribution in [0.15, 0.2) is 30.5 Å². The van der Waals surface area contributed by atoms with Crippen LogP contribution in [0.3, 0.4) is 0 Å². The Morgan fingerprint density at radius 2 is 2.15 bits per heavy atom. The minimum atomic E-state index is -0.330. The largest absolute Gasteiger partial charge is 0.464 e. The number of carbonyl (C=O) groups is 1. The first-order valence-electron chi connectivity index (χ1n) is 9.31. The summed E-state index contributed by atoms with van der Waals surface area (Å²) in [6.45, 7) is 6.60. The molecule has 3 heterocycles. The summed E-state index contributed by atoms with van der Waals surface area (Å²) in [5, 5.41) is 1.06. The molecule has 1 aromatic carbocycles. The normalized spacial score (nSPS) is 14.5. The van der Waals surface area contributed by atoms with Crippen LogP contribution in [0.4, 0.5) is 0 Å². The van der Waals surface area contributed by atoms with Crippen molar-refractivity contribution in [2.24, 2.45) is 0 Å². The van der Waals surface area contributed by atoms with Crippen molar-refractivity contribution in [2.45, 2.75) is 39.3 Å². The number of hydrogen-bond donors (Lipinski definition) is 1. The molecule has 0 fully saturated rings. The van der Waals surface area contributed by atoms with Gasteiger partial charge in [-0.3, -0.25) is 4.90 Å². The molecule has 6 nitrogen and oxygen atoms in total. The predicted molar refractivity (Wildman–Crippen MR) is 104 cm³/mol. The first-order valence-corrected chi connectivity index (χ1v) is 9.31. The molecular weight excluding hydrogens is 340 g/mol. The summed E-state index contributed by atoms with van der Waals surface area (Å²) in [5.41, 5.74) is 4.80. The summed E-state index contributed by atoms with van der Waals surface area (Å²) in [4.78, 5) is 27.1. The molecule has 0 saturated carbocycles. The Morgan fingerprint density at radius 1 is 1.33 bits per heavy atom. The molecule has 0 atom stereocenters.